The summed E-state index contributed by atoms with van der Waals surface area (Å²) in [5, 5.41) is 3.15. The molecule has 0 radical (unpaired) electrons. The van der Waals surface area contributed by atoms with Gasteiger partial charge >= 0.3 is 0 Å². The van der Waals surface area contributed by atoms with Gasteiger partial charge in [0.25, 0.3) is 0 Å². The molecule has 1 N–H and O–H groups in total. The molecule has 2 aromatic rings. The summed E-state index contributed by atoms with van der Waals surface area (Å²) in [6, 6.07) is 16.4. The lowest BCUT2D eigenvalue weighted by molar-refractivity contribution is 0.341. The zero-order valence-electron chi connectivity index (χ0n) is 10.2. The average molecular weight is 227 g/mol. The van der Waals surface area contributed by atoms with Crippen LogP contribution in [0.15, 0.2) is 48.5 Å². The van der Waals surface area contributed by atoms with Crippen LogP contribution in [0.4, 0.5) is 5.69 Å². The predicted molar refractivity (Wildman–Crippen MR) is 72.6 cm³/mol. The molecule has 0 aliphatic carbocycles. The van der Waals surface area contributed by atoms with Crippen LogP contribution in [-0.4, -0.2) is 13.7 Å². The number of ether oxygens (including phenoxy) is 1. The molecule has 17 heavy (non-hydrogen) atoms. The summed E-state index contributed by atoms with van der Waals surface area (Å²) in [6.45, 7) is 2.68. The van der Waals surface area contributed by atoms with Crippen LogP contribution in [-0.2, 0) is 0 Å². The van der Waals surface area contributed by atoms with Gasteiger partial charge in [-0.2, -0.15) is 0 Å². The molecule has 0 heterocycles. The summed E-state index contributed by atoms with van der Waals surface area (Å²) < 4.78 is 5.64. The van der Waals surface area contributed by atoms with Gasteiger partial charge in [0.1, 0.15) is 5.75 Å². The molecular formula is C15H17NO. The molecule has 0 saturated heterocycles. The number of nitrogens with one attached hydrogen (secondary N) is 1. The second-order valence-corrected chi connectivity index (χ2v) is 3.76. The highest BCUT2D eigenvalue weighted by atomic mass is 16.5. The molecule has 0 amide bonds. The van der Waals surface area contributed by atoms with Crippen LogP contribution in [0.5, 0.6) is 5.75 Å². The van der Waals surface area contributed by atoms with E-state index in [1.54, 1.807) is 0 Å². The Morgan fingerprint density at radius 2 is 1.88 bits per heavy atom. The first kappa shape index (κ1) is 11.5. The van der Waals surface area contributed by atoms with Crippen molar-refractivity contribution in [3.63, 3.8) is 0 Å². The highest BCUT2D eigenvalue weighted by Gasteiger charge is 2.05. The first-order valence-electron chi connectivity index (χ1n) is 5.85. The smallest absolute Gasteiger partial charge is 0.127 e. The Kier molecular flexibility index (Phi) is 3.66. The Morgan fingerprint density at radius 3 is 2.65 bits per heavy atom. The van der Waals surface area contributed by atoms with E-state index in [9.17, 15) is 0 Å². The van der Waals surface area contributed by atoms with Gasteiger partial charge in [-0.3, -0.25) is 0 Å². The monoisotopic (exact) mass is 227 g/mol. The topological polar surface area (TPSA) is 21.3 Å². The first-order chi connectivity index (χ1) is 8.35. The Bertz CT molecular complexity index is 494. The van der Waals surface area contributed by atoms with Crippen molar-refractivity contribution >= 4 is 5.69 Å². The van der Waals surface area contributed by atoms with Gasteiger partial charge in [-0.1, -0.05) is 30.3 Å². The third-order valence-electron chi connectivity index (χ3n) is 2.65. The largest absolute Gasteiger partial charge is 0.493 e. The third kappa shape index (κ3) is 2.59. The van der Waals surface area contributed by atoms with Crippen LogP contribution in [0.25, 0.3) is 11.1 Å². The lowest BCUT2D eigenvalue weighted by Crippen LogP contribution is -1.94. The highest BCUT2D eigenvalue weighted by molar-refractivity contribution is 5.73. The van der Waals surface area contributed by atoms with Crippen LogP contribution in [0.1, 0.15) is 6.92 Å². The maximum Gasteiger partial charge on any atom is 0.127 e. The average Bonchev–Trinajstić information content (AvgIpc) is 2.40. The van der Waals surface area contributed by atoms with E-state index in [0.717, 1.165) is 17.0 Å². The van der Waals surface area contributed by atoms with Gasteiger partial charge < -0.3 is 10.1 Å². The molecule has 0 unspecified atom stereocenters. The van der Waals surface area contributed by atoms with E-state index < -0.39 is 0 Å². The van der Waals surface area contributed by atoms with Crippen molar-refractivity contribution in [2.45, 2.75) is 6.92 Å². The van der Waals surface area contributed by atoms with Crippen molar-refractivity contribution < 1.29 is 4.74 Å². The van der Waals surface area contributed by atoms with Crippen molar-refractivity contribution in [1.82, 2.24) is 0 Å². The number of hydrogen-bond donors (Lipinski definition) is 1. The van der Waals surface area contributed by atoms with E-state index in [1.165, 1.54) is 5.56 Å². The van der Waals surface area contributed by atoms with Crippen molar-refractivity contribution in [2.75, 3.05) is 19.0 Å². The van der Waals surface area contributed by atoms with E-state index in [2.05, 4.69) is 23.5 Å². The number of rotatable bonds is 4. The van der Waals surface area contributed by atoms with Gasteiger partial charge in [-0.15, -0.1) is 0 Å². The summed E-state index contributed by atoms with van der Waals surface area (Å²) in [4.78, 5) is 0. The van der Waals surface area contributed by atoms with Crippen molar-refractivity contribution in [1.29, 1.82) is 0 Å². The normalized spacial score (nSPS) is 10.0. The molecule has 88 valence electrons. The number of para-hydroxylation sites is 1. The molecular weight excluding hydrogens is 210 g/mol. The minimum absolute atomic E-state index is 0.683. The molecule has 0 spiro atoms. The van der Waals surface area contributed by atoms with Crippen molar-refractivity contribution in [3.8, 4) is 16.9 Å². The highest BCUT2D eigenvalue weighted by Crippen LogP contribution is 2.31. The molecule has 2 nitrogen and oxygen atoms in total. The zero-order valence-corrected chi connectivity index (χ0v) is 10.2. The third-order valence-corrected chi connectivity index (χ3v) is 2.65. The van der Waals surface area contributed by atoms with Crippen molar-refractivity contribution in [2.24, 2.45) is 0 Å². The summed E-state index contributed by atoms with van der Waals surface area (Å²) in [7, 11) is 1.92. The maximum atomic E-state index is 5.64. The van der Waals surface area contributed by atoms with Crippen LogP contribution in [0.2, 0.25) is 0 Å². The molecule has 2 aromatic carbocycles. The lowest BCUT2D eigenvalue weighted by Gasteiger charge is -2.11. The van der Waals surface area contributed by atoms with E-state index in [-0.39, 0.29) is 0 Å². The second kappa shape index (κ2) is 5.39. The predicted octanol–water partition coefficient (Wildman–Crippen LogP) is 3.79. The van der Waals surface area contributed by atoms with E-state index >= 15 is 0 Å². The Hall–Kier alpha value is -1.96. The number of benzene rings is 2. The molecule has 0 bridgehead atoms. The number of hydrogen-bond acceptors (Lipinski definition) is 2. The standard InChI is InChI=1S/C15H17NO/c1-3-17-15-10-5-4-9-14(15)12-7-6-8-13(11-12)16-2/h4-11,16H,3H2,1-2H3. The van der Waals surface area contributed by atoms with Gasteiger partial charge in [0.05, 0.1) is 6.61 Å². The van der Waals surface area contributed by atoms with Crippen molar-refractivity contribution in [3.05, 3.63) is 48.5 Å². The maximum absolute atomic E-state index is 5.64. The van der Waals surface area contributed by atoms with Gasteiger partial charge in [0.15, 0.2) is 0 Å². The lowest BCUT2D eigenvalue weighted by atomic mass is 10.0. The minimum atomic E-state index is 0.683. The minimum Gasteiger partial charge on any atom is -0.493 e. The molecule has 2 heteroatoms. The van der Waals surface area contributed by atoms with Crippen LogP contribution < -0.4 is 10.1 Å². The molecule has 0 atom stereocenters. The SMILES string of the molecule is CCOc1ccccc1-c1cccc(NC)c1. The summed E-state index contributed by atoms with van der Waals surface area (Å²) in [5.74, 6) is 0.934. The molecule has 0 aromatic heterocycles. The Balaban J connectivity index is 2.44. The Morgan fingerprint density at radius 1 is 1.06 bits per heavy atom. The fraction of sp³-hybridized carbons (Fsp3) is 0.200. The number of anilines is 1. The van der Waals surface area contributed by atoms with E-state index in [4.69, 9.17) is 4.74 Å². The second-order valence-electron chi connectivity index (χ2n) is 3.76. The quantitative estimate of drug-likeness (QED) is 0.858. The molecule has 0 fully saturated rings. The summed E-state index contributed by atoms with van der Waals surface area (Å²) in [6.07, 6.45) is 0. The van der Waals surface area contributed by atoms with Crippen LogP contribution >= 0.6 is 0 Å². The summed E-state index contributed by atoms with van der Waals surface area (Å²) >= 11 is 0. The van der Waals surface area contributed by atoms with Gasteiger partial charge in [0.2, 0.25) is 0 Å². The summed E-state index contributed by atoms with van der Waals surface area (Å²) in [5.41, 5.74) is 3.40. The van der Waals surface area contributed by atoms with Crippen LogP contribution in [0, 0.1) is 0 Å². The fourth-order valence-corrected chi connectivity index (χ4v) is 1.83. The van der Waals surface area contributed by atoms with Gasteiger partial charge in [0, 0.05) is 18.3 Å². The fourth-order valence-electron chi connectivity index (χ4n) is 1.83. The Labute approximate surface area is 102 Å². The zero-order chi connectivity index (χ0) is 12.1. The van der Waals surface area contributed by atoms with E-state index in [1.807, 2.05) is 44.3 Å². The molecule has 0 aliphatic heterocycles. The van der Waals surface area contributed by atoms with Gasteiger partial charge in [-0.25, -0.2) is 0 Å². The molecule has 0 saturated carbocycles. The molecule has 0 aliphatic rings. The first-order valence-corrected chi connectivity index (χ1v) is 5.85. The van der Waals surface area contributed by atoms with Gasteiger partial charge in [-0.05, 0) is 30.7 Å². The van der Waals surface area contributed by atoms with Crippen LogP contribution in [0.3, 0.4) is 0 Å². The molecule has 2 rings (SSSR count). The van der Waals surface area contributed by atoms with E-state index in [0.29, 0.717) is 6.61 Å².